The Bertz CT molecular complexity index is 559. The molecule has 0 bridgehead atoms. The zero-order valence-corrected chi connectivity index (χ0v) is 8.47. The molecule has 0 saturated carbocycles. The Labute approximate surface area is 92.2 Å². The maximum absolute atomic E-state index is 10.4. The van der Waals surface area contributed by atoms with Crippen molar-refractivity contribution >= 4 is 23.0 Å². The van der Waals surface area contributed by atoms with Crippen LogP contribution >= 0.6 is 0 Å². The SMILES string of the molecule is C=C(NC=O)c1cccc2nccc(O)c12. The topological polar surface area (TPSA) is 62.2 Å². The second kappa shape index (κ2) is 4.02. The first-order valence-corrected chi connectivity index (χ1v) is 4.70. The lowest BCUT2D eigenvalue weighted by atomic mass is 10.1. The van der Waals surface area contributed by atoms with Crippen LogP contribution in [-0.4, -0.2) is 16.5 Å². The number of benzene rings is 1. The molecule has 0 aliphatic rings. The quantitative estimate of drug-likeness (QED) is 0.764. The number of rotatable bonds is 3. The van der Waals surface area contributed by atoms with Crippen LogP contribution in [0.4, 0.5) is 0 Å². The first-order chi connectivity index (χ1) is 7.74. The zero-order chi connectivity index (χ0) is 11.5. The summed E-state index contributed by atoms with van der Waals surface area (Å²) in [6.45, 7) is 3.72. The first kappa shape index (κ1) is 10.2. The summed E-state index contributed by atoms with van der Waals surface area (Å²) < 4.78 is 0. The molecule has 0 saturated heterocycles. The van der Waals surface area contributed by atoms with Crippen molar-refractivity contribution in [3.63, 3.8) is 0 Å². The van der Waals surface area contributed by atoms with Crippen molar-refractivity contribution in [3.8, 4) is 5.75 Å². The molecule has 4 heteroatoms. The third kappa shape index (κ3) is 1.61. The lowest BCUT2D eigenvalue weighted by molar-refractivity contribution is -0.108. The number of carbonyl (C=O) groups excluding carboxylic acids is 1. The molecule has 0 unspecified atom stereocenters. The molecule has 0 radical (unpaired) electrons. The van der Waals surface area contributed by atoms with E-state index >= 15 is 0 Å². The third-order valence-corrected chi connectivity index (χ3v) is 2.30. The van der Waals surface area contributed by atoms with Gasteiger partial charge in [-0.05, 0) is 12.1 Å². The monoisotopic (exact) mass is 214 g/mol. The Hall–Kier alpha value is -2.36. The van der Waals surface area contributed by atoms with Crippen LogP contribution in [0.1, 0.15) is 5.56 Å². The number of nitrogens with one attached hydrogen (secondary N) is 1. The Morgan fingerprint density at radius 1 is 1.44 bits per heavy atom. The molecule has 4 nitrogen and oxygen atoms in total. The molecule has 1 aromatic carbocycles. The normalized spacial score (nSPS) is 10.0. The number of carbonyl (C=O) groups is 1. The van der Waals surface area contributed by atoms with Crippen molar-refractivity contribution in [2.75, 3.05) is 0 Å². The van der Waals surface area contributed by atoms with Crippen LogP contribution in [0.2, 0.25) is 0 Å². The van der Waals surface area contributed by atoms with Crippen molar-refractivity contribution in [2.24, 2.45) is 0 Å². The lowest BCUT2D eigenvalue weighted by Crippen LogP contribution is -2.08. The van der Waals surface area contributed by atoms with Gasteiger partial charge < -0.3 is 10.4 Å². The molecule has 0 atom stereocenters. The van der Waals surface area contributed by atoms with Crippen LogP contribution in [0.15, 0.2) is 37.0 Å². The standard InChI is InChI=1S/C12H10N2O2/c1-8(14-7-15)9-3-2-4-10-12(9)11(16)5-6-13-10/h2-7H,1H2,(H,13,16)(H,14,15). The van der Waals surface area contributed by atoms with Gasteiger partial charge in [0.15, 0.2) is 0 Å². The van der Waals surface area contributed by atoms with Crippen molar-refractivity contribution in [1.29, 1.82) is 0 Å². The number of hydrogen-bond acceptors (Lipinski definition) is 3. The van der Waals surface area contributed by atoms with Crippen molar-refractivity contribution in [1.82, 2.24) is 10.3 Å². The van der Waals surface area contributed by atoms with Gasteiger partial charge >= 0.3 is 0 Å². The third-order valence-electron chi connectivity index (χ3n) is 2.30. The number of nitrogens with zero attached hydrogens (tertiary/aromatic N) is 1. The van der Waals surface area contributed by atoms with E-state index in [1.807, 2.05) is 0 Å². The van der Waals surface area contributed by atoms with Crippen LogP contribution in [0.5, 0.6) is 5.75 Å². The number of pyridine rings is 1. The van der Waals surface area contributed by atoms with Gasteiger partial charge in [0.1, 0.15) is 5.75 Å². The van der Waals surface area contributed by atoms with Gasteiger partial charge in [-0.1, -0.05) is 18.7 Å². The molecule has 2 aromatic rings. The molecule has 16 heavy (non-hydrogen) atoms. The maximum atomic E-state index is 10.4. The molecule has 1 aromatic heterocycles. The molecular weight excluding hydrogens is 204 g/mol. The summed E-state index contributed by atoms with van der Waals surface area (Å²) in [5, 5.41) is 12.8. The number of aromatic hydroxyl groups is 1. The van der Waals surface area contributed by atoms with E-state index in [1.165, 1.54) is 12.3 Å². The predicted octanol–water partition coefficient (Wildman–Crippen LogP) is 1.66. The number of fused-ring (bicyclic) bond motifs is 1. The summed E-state index contributed by atoms with van der Waals surface area (Å²) in [5.41, 5.74) is 1.76. The molecule has 0 spiro atoms. The Morgan fingerprint density at radius 2 is 2.25 bits per heavy atom. The van der Waals surface area contributed by atoms with E-state index in [1.54, 1.807) is 18.2 Å². The van der Waals surface area contributed by atoms with Crippen molar-refractivity contribution < 1.29 is 9.90 Å². The van der Waals surface area contributed by atoms with E-state index in [-0.39, 0.29) is 5.75 Å². The highest BCUT2D eigenvalue weighted by molar-refractivity contribution is 5.96. The highest BCUT2D eigenvalue weighted by Gasteiger charge is 2.08. The van der Waals surface area contributed by atoms with E-state index in [2.05, 4.69) is 16.9 Å². The van der Waals surface area contributed by atoms with Gasteiger partial charge in [-0.2, -0.15) is 0 Å². The molecule has 80 valence electrons. The van der Waals surface area contributed by atoms with E-state index < -0.39 is 0 Å². The molecule has 0 aliphatic heterocycles. The zero-order valence-electron chi connectivity index (χ0n) is 8.47. The largest absolute Gasteiger partial charge is 0.507 e. The molecule has 1 amide bonds. The van der Waals surface area contributed by atoms with Gasteiger partial charge in [-0.3, -0.25) is 9.78 Å². The van der Waals surface area contributed by atoms with E-state index in [4.69, 9.17) is 0 Å². The Morgan fingerprint density at radius 3 is 3.00 bits per heavy atom. The number of hydrogen-bond donors (Lipinski definition) is 2. The minimum absolute atomic E-state index is 0.120. The van der Waals surface area contributed by atoms with Gasteiger partial charge in [0, 0.05) is 17.5 Å². The molecule has 0 fully saturated rings. The van der Waals surface area contributed by atoms with E-state index in [9.17, 15) is 9.90 Å². The summed E-state index contributed by atoms with van der Waals surface area (Å²) in [6, 6.07) is 6.84. The minimum Gasteiger partial charge on any atom is -0.507 e. The number of amides is 1. The lowest BCUT2D eigenvalue weighted by Gasteiger charge is -2.08. The summed E-state index contributed by atoms with van der Waals surface area (Å²) in [7, 11) is 0. The summed E-state index contributed by atoms with van der Waals surface area (Å²) in [4.78, 5) is 14.5. The van der Waals surface area contributed by atoms with Gasteiger partial charge in [-0.25, -0.2) is 0 Å². The first-order valence-electron chi connectivity index (χ1n) is 4.70. The minimum atomic E-state index is 0.120. The van der Waals surface area contributed by atoms with Crippen LogP contribution in [0.3, 0.4) is 0 Å². The highest BCUT2D eigenvalue weighted by atomic mass is 16.3. The summed E-state index contributed by atoms with van der Waals surface area (Å²) in [5.74, 6) is 0.120. The fourth-order valence-corrected chi connectivity index (χ4v) is 1.59. The molecular formula is C12H10N2O2. The van der Waals surface area contributed by atoms with E-state index in [0.29, 0.717) is 28.6 Å². The molecule has 2 N–H and O–H groups in total. The van der Waals surface area contributed by atoms with Gasteiger partial charge in [0.05, 0.1) is 10.9 Å². The van der Waals surface area contributed by atoms with Crippen LogP contribution in [0.25, 0.3) is 16.6 Å². The summed E-state index contributed by atoms with van der Waals surface area (Å²) >= 11 is 0. The predicted molar refractivity (Wildman–Crippen MR) is 61.6 cm³/mol. The fraction of sp³-hybridized carbons (Fsp3) is 0. The fourth-order valence-electron chi connectivity index (χ4n) is 1.59. The van der Waals surface area contributed by atoms with Crippen molar-refractivity contribution in [3.05, 3.63) is 42.6 Å². The molecule has 0 aliphatic carbocycles. The Kier molecular flexibility index (Phi) is 2.55. The average Bonchev–Trinajstić information content (AvgIpc) is 2.29. The maximum Gasteiger partial charge on any atom is 0.211 e. The van der Waals surface area contributed by atoms with Gasteiger partial charge in [0.25, 0.3) is 0 Å². The average molecular weight is 214 g/mol. The highest BCUT2D eigenvalue weighted by Crippen LogP contribution is 2.28. The van der Waals surface area contributed by atoms with Crippen LogP contribution < -0.4 is 5.32 Å². The second-order valence-corrected chi connectivity index (χ2v) is 3.27. The summed E-state index contributed by atoms with van der Waals surface area (Å²) in [6.07, 6.45) is 2.08. The smallest absolute Gasteiger partial charge is 0.211 e. The van der Waals surface area contributed by atoms with Crippen LogP contribution in [0, 0.1) is 0 Å². The van der Waals surface area contributed by atoms with Crippen molar-refractivity contribution in [2.45, 2.75) is 0 Å². The van der Waals surface area contributed by atoms with Crippen LogP contribution in [-0.2, 0) is 4.79 Å². The number of aromatic nitrogens is 1. The van der Waals surface area contributed by atoms with Gasteiger partial charge in [-0.15, -0.1) is 0 Å². The van der Waals surface area contributed by atoms with Gasteiger partial charge in [0.2, 0.25) is 6.41 Å². The second-order valence-electron chi connectivity index (χ2n) is 3.27. The molecule has 2 rings (SSSR count). The van der Waals surface area contributed by atoms with E-state index in [0.717, 1.165) is 0 Å². The molecule has 1 heterocycles. The Balaban J connectivity index is 2.70.